The Morgan fingerprint density at radius 3 is 3.06 bits per heavy atom. The van der Waals surface area contributed by atoms with Gasteiger partial charge in [-0.2, -0.15) is 4.37 Å². The Morgan fingerprint density at radius 2 is 2.38 bits per heavy atom. The Kier molecular flexibility index (Phi) is 4.17. The maximum absolute atomic E-state index is 6.19. The van der Waals surface area contributed by atoms with Crippen LogP contribution < -0.4 is 5.32 Å². The Hall–Kier alpha value is -0.620. The fourth-order valence-corrected chi connectivity index (χ4v) is 3.12. The van der Waals surface area contributed by atoms with Gasteiger partial charge in [-0.25, -0.2) is 4.98 Å². The summed E-state index contributed by atoms with van der Waals surface area (Å²) in [6, 6.07) is 5.91. The molecule has 0 atom stereocenters. The highest BCUT2D eigenvalue weighted by Gasteiger charge is 2.10. The number of rotatable bonds is 4. The molecule has 2 aromatic rings. The molecule has 0 aliphatic carbocycles. The Bertz CT molecular complexity index is 459. The third kappa shape index (κ3) is 2.74. The van der Waals surface area contributed by atoms with E-state index >= 15 is 0 Å². The molecule has 0 aliphatic heterocycles. The lowest BCUT2D eigenvalue weighted by molar-refractivity contribution is 0.803. The van der Waals surface area contributed by atoms with E-state index in [1.165, 1.54) is 17.1 Å². The molecule has 1 N–H and O–H groups in total. The third-order valence-electron chi connectivity index (χ3n) is 1.95. The molecule has 2 rings (SSSR count). The van der Waals surface area contributed by atoms with E-state index in [4.69, 9.17) is 11.6 Å². The quantitative estimate of drug-likeness (QED) is 0.928. The summed E-state index contributed by atoms with van der Waals surface area (Å²) in [5.41, 5.74) is 1.18. The second-order valence-electron chi connectivity index (χ2n) is 3.07. The minimum absolute atomic E-state index is 0.757. The molecule has 1 aromatic carbocycles. The maximum Gasteiger partial charge on any atom is 0.174 e. The minimum atomic E-state index is 0.757. The average Bonchev–Trinajstić information content (AvgIpc) is 2.76. The van der Waals surface area contributed by atoms with Crippen LogP contribution >= 0.6 is 34.9 Å². The van der Waals surface area contributed by atoms with Crippen molar-refractivity contribution in [2.45, 2.75) is 15.8 Å². The van der Waals surface area contributed by atoms with Gasteiger partial charge in [-0.15, -0.1) is 0 Å². The van der Waals surface area contributed by atoms with Crippen molar-refractivity contribution in [3.05, 3.63) is 35.1 Å². The van der Waals surface area contributed by atoms with Gasteiger partial charge in [0.2, 0.25) is 0 Å². The van der Waals surface area contributed by atoms with Gasteiger partial charge in [-0.05, 0) is 30.2 Å². The van der Waals surface area contributed by atoms with Crippen LogP contribution in [0.2, 0.25) is 5.02 Å². The third-order valence-corrected chi connectivity index (χ3v) is 4.27. The molecule has 0 aliphatic rings. The zero-order valence-electron chi connectivity index (χ0n) is 8.61. The molecular weight excluding hydrogens is 262 g/mol. The predicted molar refractivity (Wildman–Crippen MR) is 68.2 cm³/mol. The SMILES string of the molecule is CNCc1cccc(Cl)c1Sc1ncns1. The molecule has 0 bridgehead atoms. The molecule has 0 spiro atoms. The van der Waals surface area contributed by atoms with Crippen molar-refractivity contribution in [1.29, 1.82) is 0 Å². The van der Waals surface area contributed by atoms with E-state index in [0.717, 1.165) is 20.8 Å². The first kappa shape index (κ1) is 11.9. The van der Waals surface area contributed by atoms with Crippen LogP contribution in [0.25, 0.3) is 0 Å². The monoisotopic (exact) mass is 271 g/mol. The molecule has 6 heteroatoms. The largest absolute Gasteiger partial charge is 0.316 e. The van der Waals surface area contributed by atoms with Crippen molar-refractivity contribution in [3.8, 4) is 0 Å². The number of aromatic nitrogens is 2. The van der Waals surface area contributed by atoms with E-state index in [1.807, 2.05) is 19.2 Å². The van der Waals surface area contributed by atoms with E-state index in [0.29, 0.717) is 0 Å². The summed E-state index contributed by atoms with van der Waals surface area (Å²) in [4.78, 5) is 5.20. The molecule has 84 valence electrons. The molecule has 1 aromatic heterocycles. The van der Waals surface area contributed by atoms with Crippen molar-refractivity contribution < 1.29 is 0 Å². The zero-order valence-corrected chi connectivity index (χ0v) is 11.0. The fraction of sp³-hybridized carbons (Fsp3) is 0.200. The van der Waals surface area contributed by atoms with Gasteiger partial charge in [0.25, 0.3) is 0 Å². The first-order valence-corrected chi connectivity index (χ1v) is 6.64. The fourth-order valence-electron chi connectivity index (χ4n) is 1.29. The number of hydrogen-bond donors (Lipinski definition) is 1. The Balaban J connectivity index is 2.30. The van der Waals surface area contributed by atoms with Gasteiger partial charge in [0.15, 0.2) is 4.34 Å². The first-order chi connectivity index (χ1) is 7.81. The Labute approximate surface area is 107 Å². The number of benzene rings is 1. The van der Waals surface area contributed by atoms with E-state index in [9.17, 15) is 0 Å². The summed E-state index contributed by atoms with van der Waals surface area (Å²) < 4.78 is 4.88. The van der Waals surface area contributed by atoms with Crippen LogP contribution in [0.3, 0.4) is 0 Å². The lowest BCUT2D eigenvalue weighted by Crippen LogP contribution is -2.06. The molecule has 1 heterocycles. The van der Waals surface area contributed by atoms with Gasteiger partial charge < -0.3 is 5.32 Å². The molecule has 0 fully saturated rings. The van der Waals surface area contributed by atoms with E-state index in [1.54, 1.807) is 18.1 Å². The van der Waals surface area contributed by atoms with Gasteiger partial charge in [-0.1, -0.05) is 35.5 Å². The summed E-state index contributed by atoms with van der Waals surface area (Å²) in [5.74, 6) is 0. The van der Waals surface area contributed by atoms with Crippen LogP contribution in [0, 0.1) is 0 Å². The standard InChI is InChI=1S/C10H10ClN3S2/c1-12-5-7-3-2-4-8(11)9(7)15-10-13-6-14-16-10/h2-4,6,12H,5H2,1H3. The van der Waals surface area contributed by atoms with Crippen LogP contribution in [0.15, 0.2) is 33.8 Å². The molecular formula is C10H10ClN3S2. The number of hydrogen-bond acceptors (Lipinski definition) is 5. The van der Waals surface area contributed by atoms with Gasteiger partial charge in [0, 0.05) is 11.4 Å². The van der Waals surface area contributed by atoms with Gasteiger partial charge in [0.05, 0.1) is 5.02 Å². The van der Waals surface area contributed by atoms with Crippen LogP contribution in [0.4, 0.5) is 0 Å². The van der Waals surface area contributed by atoms with E-state index < -0.39 is 0 Å². The summed E-state index contributed by atoms with van der Waals surface area (Å²) >= 11 is 9.13. The molecule has 0 radical (unpaired) electrons. The lowest BCUT2D eigenvalue weighted by atomic mass is 10.2. The van der Waals surface area contributed by atoms with Gasteiger partial charge in [-0.3, -0.25) is 0 Å². The second kappa shape index (κ2) is 5.63. The second-order valence-corrected chi connectivity index (χ2v) is 5.51. The van der Waals surface area contributed by atoms with Crippen molar-refractivity contribution in [1.82, 2.24) is 14.7 Å². The van der Waals surface area contributed by atoms with E-state index in [2.05, 4.69) is 20.7 Å². The summed E-state index contributed by atoms with van der Waals surface area (Å²) in [6.07, 6.45) is 1.56. The highest BCUT2D eigenvalue weighted by atomic mass is 35.5. The normalized spacial score (nSPS) is 10.6. The van der Waals surface area contributed by atoms with Crippen molar-refractivity contribution in [2.24, 2.45) is 0 Å². The smallest absolute Gasteiger partial charge is 0.174 e. The topological polar surface area (TPSA) is 37.8 Å². The molecule has 0 saturated heterocycles. The van der Waals surface area contributed by atoms with Crippen molar-refractivity contribution in [2.75, 3.05) is 7.05 Å². The van der Waals surface area contributed by atoms with E-state index in [-0.39, 0.29) is 0 Å². The zero-order chi connectivity index (χ0) is 11.4. The number of nitrogens with one attached hydrogen (secondary N) is 1. The van der Waals surface area contributed by atoms with Crippen molar-refractivity contribution >= 4 is 34.9 Å². The molecule has 0 amide bonds. The maximum atomic E-state index is 6.19. The van der Waals surface area contributed by atoms with Crippen LogP contribution in [-0.2, 0) is 6.54 Å². The minimum Gasteiger partial charge on any atom is -0.316 e. The molecule has 16 heavy (non-hydrogen) atoms. The van der Waals surface area contributed by atoms with Gasteiger partial charge in [0.1, 0.15) is 6.33 Å². The average molecular weight is 272 g/mol. The molecule has 3 nitrogen and oxygen atoms in total. The van der Waals surface area contributed by atoms with Crippen LogP contribution in [-0.4, -0.2) is 16.4 Å². The summed E-state index contributed by atoms with van der Waals surface area (Å²) in [7, 11) is 1.92. The highest BCUT2D eigenvalue weighted by molar-refractivity contribution is 8.01. The predicted octanol–water partition coefficient (Wildman–Crippen LogP) is 3.06. The van der Waals surface area contributed by atoms with Crippen LogP contribution in [0.1, 0.15) is 5.56 Å². The lowest BCUT2D eigenvalue weighted by Gasteiger charge is -2.08. The summed E-state index contributed by atoms with van der Waals surface area (Å²) in [6.45, 7) is 0.793. The highest BCUT2D eigenvalue weighted by Crippen LogP contribution is 2.36. The Morgan fingerprint density at radius 1 is 1.50 bits per heavy atom. The van der Waals surface area contributed by atoms with Crippen molar-refractivity contribution in [3.63, 3.8) is 0 Å². The first-order valence-electron chi connectivity index (χ1n) is 4.68. The molecule has 0 unspecified atom stereocenters. The van der Waals surface area contributed by atoms with Crippen LogP contribution in [0.5, 0.6) is 0 Å². The molecule has 0 saturated carbocycles. The van der Waals surface area contributed by atoms with Gasteiger partial charge >= 0.3 is 0 Å². The number of nitrogens with zero attached hydrogens (tertiary/aromatic N) is 2. The summed E-state index contributed by atoms with van der Waals surface area (Å²) in [5, 5.41) is 3.88. The number of halogens is 1.